The molecule has 2 atom stereocenters. The molecule has 2 heterocycles. The molecule has 0 fully saturated rings. The van der Waals surface area contributed by atoms with Gasteiger partial charge >= 0.3 is 18.2 Å². The van der Waals surface area contributed by atoms with Crippen molar-refractivity contribution in [2.24, 2.45) is 5.73 Å². The fraction of sp³-hybridized carbons (Fsp3) is 0.259. The summed E-state index contributed by atoms with van der Waals surface area (Å²) < 4.78 is 45.6. The molecule has 0 radical (unpaired) electrons. The third-order valence-corrected chi connectivity index (χ3v) is 6.42. The summed E-state index contributed by atoms with van der Waals surface area (Å²) in [5.41, 5.74) is 5.64. The van der Waals surface area contributed by atoms with Gasteiger partial charge < -0.3 is 15.6 Å². The molecule has 8 nitrogen and oxygen atoms in total. The van der Waals surface area contributed by atoms with E-state index in [0.29, 0.717) is 5.56 Å². The number of esters is 1. The van der Waals surface area contributed by atoms with E-state index in [2.05, 4.69) is 9.97 Å². The molecule has 0 saturated heterocycles. The predicted molar refractivity (Wildman–Crippen MR) is 133 cm³/mol. The van der Waals surface area contributed by atoms with Gasteiger partial charge in [-0.05, 0) is 48.2 Å². The summed E-state index contributed by atoms with van der Waals surface area (Å²) >= 11 is 0. The molecule has 38 heavy (non-hydrogen) atoms. The monoisotopic (exact) mass is 526 g/mol. The standard InChI is InChI=1S/C27H25F3N4O4/c1-2-26(31)13-21(20-12-19(27(28,29)30)9-10-22(20)34(26)25(36)37)24-32-14-18(15-33-24)8-11-23(35)38-16-17-6-4-3-5-7-17/h3-12,14-15,21H,2,13,16,31H2,1H3,(H,36,37)/t21-,26+/m0/s1. The van der Waals surface area contributed by atoms with Crippen LogP contribution >= 0.6 is 0 Å². The van der Waals surface area contributed by atoms with Gasteiger partial charge in [0.15, 0.2) is 0 Å². The van der Waals surface area contributed by atoms with Crippen molar-refractivity contribution in [3.05, 3.63) is 95.1 Å². The second kappa shape index (κ2) is 10.6. The van der Waals surface area contributed by atoms with E-state index in [-0.39, 0.29) is 36.5 Å². The van der Waals surface area contributed by atoms with E-state index >= 15 is 0 Å². The highest BCUT2D eigenvalue weighted by Crippen LogP contribution is 2.46. The molecule has 0 spiro atoms. The fourth-order valence-electron chi connectivity index (χ4n) is 4.39. The van der Waals surface area contributed by atoms with Gasteiger partial charge in [-0.1, -0.05) is 37.3 Å². The van der Waals surface area contributed by atoms with Gasteiger partial charge in [-0.3, -0.25) is 4.90 Å². The normalized spacial score (nSPS) is 19.3. The van der Waals surface area contributed by atoms with Gasteiger partial charge in [0.2, 0.25) is 0 Å². The number of rotatable bonds is 6. The molecule has 1 amide bonds. The van der Waals surface area contributed by atoms with E-state index in [1.807, 2.05) is 30.3 Å². The number of halogens is 3. The summed E-state index contributed by atoms with van der Waals surface area (Å²) in [6.45, 7) is 1.82. The van der Waals surface area contributed by atoms with Gasteiger partial charge in [0.05, 0.1) is 11.3 Å². The second-order valence-electron chi connectivity index (χ2n) is 8.90. The average Bonchev–Trinajstić information content (AvgIpc) is 2.90. The number of fused-ring (bicyclic) bond motifs is 1. The minimum atomic E-state index is -4.62. The van der Waals surface area contributed by atoms with Crippen LogP contribution in [-0.2, 0) is 22.3 Å². The Labute approximate surface area is 216 Å². The molecule has 3 aromatic rings. The van der Waals surface area contributed by atoms with E-state index in [9.17, 15) is 27.9 Å². The number of carboxylic acid groups (broad SMARTS) is 1. The van der Waals surface area contributed by atoms with Gasteiger partial charge in [0, 0.05) is 30.0 Å². The number of nitrogens with two attached hydrogens (primary N) is 1. The second-order valence-corrected chi connectivity index (χ2v) is 8.90. The zero-order valence-electron chi connectivity index (χ0n) is 20.4. The van der Waals surface area contributed by atoms with Crippen LogP contribution in [0.1, 0.15) is 53.8 Å². The lowest BCUT2D eigenvalue weighted by atomic mass is 9.80. The van der Waals surface area contributed by atoms with Crippen molar-refractivity contribution >= 4 is 23.8 Å². The van der Waals surface area contributed by atoms with Gasteiger partial charge in [0.1, 0.15) is 18.1 Å². The zero-order valence-corrected chi connectivity index (χ0v) is 20.4. The van der Waals surface area contributed by atoms with Gasteiger partial charge in [-0.15, -0.1) is 0 Å². The Morgan fingerprint density at radius 1 is 1.18 bits per heavy atom. The number of nitrogens with zero attached hydrogens (tertiary/aromatic N) is 3. The largest absolute Gasteiger partial charge is 0.465 e. The van der Waals surface area contributed by atoms with Crippen LogP contribution < -0.4 is 10.6 Å². The SMILES string of the molecule is CC[C@]1(N)C[C@H](c2ncc(C=CC(=O)OCc3ccccc3)cn2)c2cc(C(F)(F)F)ccc2N1C(=O)O. The lowest BCUT2D eigenvalue weighted by Crippen LogP contribution is -2.61. The zero-order chi connectivity index (χ0) is 27.5. The van der Waals surface area contributed by atoms with Crippen LogP contribution in [0.5, 0.6) is 0 Å². The topological polar surface area (TPSA) is 119 Å². The van der Waals surface area contributed by atoms with Crippen molar-refractivity contribution < 1.29 is 32.6 Å². The fourth-order valence-corrected chi connectivity index (χ4v) is 4.39. The molecule has 4 rings (SSSR count). The van der Waals surface area contributed by atoms with E-state index in [4.69, 9.17) is 10.5 Å². The smallest absolute Gasteiger partial charge is 0.416 e. The number of aromatic nitrogens is 2. The highest BCUT2D eigenvalue weighted by molar-refractivity contribution is 5.90. The van der Waals surface area contributed by atoms with Crippen LogP contribution in [0.25, 0.3) is 6.08 Å². The van der Waals surface area contributed by atoms with Crippen molar-refractivity contribution in [3.63, 3.8) is 0 Å². The van der Waals surface area contributed by atoms with Crippen molar-refractivity contribution in [1.82, 2.24) is 9.97 Å². The molecular weight excluding hydrogens is 501 g/mol. The molecule has 0 saturated carbocycles. The summed E-state index contributed by atoms with van der Waals surface area (Å²) in [7, 11) is 0. The number of anilines is 1. The highest BCUT2D eigenvalue weighted by Gasteiger charge is 2.46. The lowest BCUT2D eigenvalue weighted by Gasteiger charge is -2.46. The van der Waals surface area contributed by atoms with Gasteiger partial charge in [0.25, 0.3) is 0 Å². The number of carbonyl (C=O) groups is 2. The van der Waals surface area contributed by atoms with Crippen LogP contribution in [0.15, 0.2) is 67.0 Å². The maximum atomic E-state index is 13.5. The molecule has 3 N–H and O–H groups in total. The van der Waals surface area contributed by atoms with E-state index < -0.39 is 35.4 Å². The molecule has 198 valence electrons. The van der Waals surface area contributed by atoms with Crippen molar-refractivity contribution in [3.8, 4) is 0 Å². The Hall–Kier alpha value is -4.25. The number of alkyl halides is 3. The molecule has 1 aliphatic heterocycles. The van der Waals surface area contributed by atoms with Crippen LogP contribution in [0, 0.1) is 0 Å². The Kier molecular flexibility index (Phi) is 7.49. The maximum Gasteiger partial charge on any atom is 0.416 e. The molecule has 11 heteroatoms. The first kappa shape index (κ1) is 26.8. The minimum absolute atomic E-state index is 0.0227. The summed E-state index contributed by atoms with van der Waals surface area (Å²) in [4.78, 5) is 33.6. The first-order valence-corrected chi connectivity index (χ1v) is 11.8. The molecule has 2 aromatic carbocycles. The summed E-state index contributed by atoms with van der Waals surface area (Å²) in [6.07, 6.45) is -0.282. The average molecular weight is 527 g/mol. The molecule has 0 bridgehead atoms. The van der Waals surface area contributed by atoms with Gasteiger partial charge in [-0.25, -0.2) is 19.6 Å². The number of carbonyl (C=O) groups excluding carboxylic acids is 1. The predicted octanol–water partition coefficient (Wildman–Crippen LogP) is 5.34. The Balaban J connectivity index is 1.60. The third-order valence-electron chi connectivity index (χ3n) is 6.42. The van der Waals surface area contributed by atoms with Crippen molar-refractivity contribution in [2.45, 2.75) is 44.1 Å². The third kappa shape index (κ3) is 5.67. The summed E-state index contributed by atoms with van der Waals surface area (Å²) in [6, 6.07) is 12.1. The maximum absolute atomic E-state index is 13.5. The Morgan fingerprint density at radius 2 is 1.87 bits per heavy atom. The van der Waals surface area contributed by atoms with Crippen molar-refractivity contribution in [2.75, 3.05) is 4.90 Å². The minimum Gasteiger partial charge on any atom is -0.465 e. The van der Waals surface area contributed by atoms with E-state index in [1.165, 1.54) is 24.5 Å². The summed E-state index contributed by atoms with van der Waals surface area (Å²) in [5.74, 6) is -1.17. The quantitative estimate of drug-likeness (QED) is 0.329. The lowest BCUT2D eigenvalue weighted by molar-refractivity contribution is -0.139. The number of benzene rings is 2. The van der Waals surface area contributed by atoms with Crippen LogP contribution in [0.3, 0.4) is 0 Å². The molecule has 0 aliphatic carbocycles. The number of ether oxygens (including phenoxy) is 1. The van der Waals surface area contributed by atoms with E-state index in [1.54, 1.807) is 6.92 Å². The first-order chi connectivity index (χ1) is 18.0. The number of hydrogen-bond donors (Lipinski definition) is 2. The van der Waals surface area contributed by atoms with Crippen LogP contribution in [0.4, 0.5) is 23.7 Å². The molecule has 0 unspecified atom stereocenters. The Bertz CT molecular complexity index is 1350. The molecule has 1 aromatic heterocycles. The Morgan fingerprint density at radius 3 is 2.47 bits per heavy atom. The van der Waals surface area contributed by atoms with Crippen LogP contribution in [-0.4, -0.2) is 32.8 Å². The molecule has 1 aliphatic rings. The molecular formula is C27H25F3N4O4. The number of hydrogen-bond acceptors (Lipinski definition) is 6. The van der Waals surface area contributed by atoms with E-state index in [0.717, 1.165) is 28.7 Å². The van der Waals surface area contributed by atoms with Gasteiger partial charge in [-0.2, -0.15) is 13.2 Å². The van der Waals surface area contributed by atoms with Crippen LogP contribution in [0.2, 0.25) is 0 Å². The van der Waals surface area contributed by atoms with Crippen molar-refractivity contribution in [1.29, 1.82) is 0 Å². The summed E-state index contributed by atoms with van der Waals surface area (Å²) in [5, 5.41) is 9.83. The highest BCUT2D eigenvalue weighted by atomic mass is 19.4. The first-order valence-electron chi connectivity index (χ1n) is 11.8. The number of amides is 1.